The summed E-state index contributed by atoms with van der Waals surface area (Å²) in [6.07, 6.45) is 0. The fourth-order valence-corrected chi connectivity index (χ4v) is 1.98. The van der Waals surface area contributed by atoms with E-state index in [9.17, 15) is 13.6 Å². The van der Waals surface area contributed by atoms with Crippen molar-refractivity contribution >= 4 is 21.9 Å². The number of nitrogens with zero attached hydrogens (tertiary/aromatic N) is 2. The molecule has 2 rings (SSSR count). The van der Waals surface area contributed by atoms with Gasteiger partial charge in [0, 0.05) is 0 Å². The predicted molar refractivity (Wildman–Crippen MR) is 67.6 cm³/mol. The molecule has 0 saturated heterocycles. The molecule has 19 heavy (non-hydrogen) atoms. The van der Waals surface area contributed by atoms with E-state index < -0.39 is 28.9 Å². The molecule has 1 heterocycles. The third-order valence-corrected chi connectivity index (χ3v) is 3.83. The highest BCUT2D eigenvalue weighted by Crippen LogP contribution is 2.26. The van der Waals surface area contributed by atoms with Crippen molar-refractivity contribution in [1.82, 2.24) is 9.78 Å². The monoisotopic (exact) mass is 330 g/mol. The van der Waals surface area contributed by atoms with Crippen molar-refractivity contribution in [3.8, 4) is 5.69 Å². The summed E-state index contributed by atoms with van der Waals surface area (Å²) in [5, 5.41) is 12.8. The van der Waals surface area contributed by atoms with Crippen LogP contribution in [0.4, 0.5) is 8.78 Å². The molecule has 0 aliphatic carbocycles. The van der Waals surface area contributed by atoms with Gasteiger partial charge in [-0.3, -0.25) is 0 Å². The van der Waals surface area contributed by atoms with Crippen LogP contribution in [0.25, 0.3) is 5.69 Å². The first kappa shape index (κ1) is 13.7. The second-order valence-electron chi connectivity index (χ2n) is 3.99. The Hall–Kier alpha value is -1.76. The lowest BCUT2D eigenvalue weighted by atomic mass is 10.2. The van der Waals surface area contributed by atoms with Crippen LogP contribution >= 0.6 is 15.9 Å². The molecule has 0 unspecified atom stereocenters. The standard InChI is InChI=1S/C12H9BrF2N2O2/c1-5-10(13)6(2)17(16-5)11-8(14)3-7(12(18)19)4-9(11)15/h3-4H,1-2H3,(H,18,19). The molecule has 1 N–H and O–H groups in total. The van der Waals surface area contributed by atoms with E-state index in [2.05, 4.69) is 21.0 Å². The minimum Gasteiger partial charge on any atom is -0.478 e. The van der Waals surface area contributed by atoms with Crippen LogP contribution in [0.1, 0.15) is 21.7 Å². The number of aromatic nitrogens is 2. The van der Waals surface area contributed by atoms with Crippen molar-refractivity contribution < 1.29 is 18.7 Å². The van der Waals surface area contributed by atoms with Gasteiger partial charge < -0.3 is 5.11 Å². The highest BCUT2D eigenvalue weighted by atomic mass is 79.9. The normalized spacial score (nSPS) is 10.8. The van der Waals surface area contributed by atoms with Gasteiger partial charge in [-0.1, -0.05) is 0 Å². The summed E-state index contributed by atoms with van der Waals surface area (Å²) < 4.78 is 29.6. The first-order chi connectivity index (χ1) is 8.82. The first-order valence-corrected chi connectivity index (χ1v) is 6.06. The van der Waals surface area contributed by atoms with Crippen LogP contribution < -0.4 is 0 Å². The molecular weight excluding hydrogens is 322 g/mol. The van der Waals surface area contributed by atoms with Crippen molar-refractivity contribution in [2.75, 3.05) is 0 Å². The Kier molecular flexibility index (Phi) is 3.40. The van der Waals surface area contributed by atoms with Crippen molar-refractivity contribution in [3.05, 3.63) is 45.2 Å². The van der Waals surface area contributed by atoms with Gasteiger partial charge in [0.2, 0.25) is 0 Å². The number of aromatic carboxylic acids is 1. The minimum absolute atomic E-state index is 0.392. The fraction of sp³-hybridized carbons (Fsp3) is 0.167. The van der Waals surface area contributed by atoms with E-state index in [0.717, 1.165) is 16.8 Å². The van der Waals surface area contributed by atoms with Crippen molar-refractivity contribution in [1.29, 1.82) is 0 Å². The van der Waals surface area contributed by atoms with E-state index in [-0.39, 0.29) is 0 Å². The lowest BCUT2D eigenvalue weighted by Crippen LogP contribution is -2.08. The van der Waals surface area contributed by atoms with Crippen LogP contribution in [-0.4, -0.2) is 20.9 Å². The van der Waals surface area contributed by atoms with Crippen LogP contribution in [0.5, 0.6) is 0 Å². The van der Waals surface area contributed by atoms with Crippen molar-refractivity contribution in [2.45, 2.75) is 13.8 Å². The molecule has 0 saturated carbocycles. The number of rotatable bonds is 2. The summed E-state index contributed by atoms with van der Waals surface area (Å²) in [6, 6.07) is 1.54. The largest absolute Gasteiger partial charge is 0.478 e. The van der Waals surface area contributed by atoms with Crippen LogP contribution in [0.2, 0.25) is 0 Å². The quantitative estimate of drug-likeness (QED) is 0.919. The molecule has 1 aromatic carbocycles. The van der Waals surface area contributed by atoms with Crippen molar-refractivity contribution in [3.63, 3.8) is 0 Å². The molecule has 100 valence electrons. The van der Waals surface area contributed by atoms with Gasteiger partial charge in [0.25, 0.3) is 0 Å². The van der Waals surface area contributed by atoms with Gasteiger partial charge in [-0.15, -0.1) is 0 Å². The summed E-state index contributed by atoms with van der Waals surface area (Å²) in [6.45, 7) is 3.34. The minimum atomic E-state index is -1.39. The molecule has 7 heteroatoms. The van der Waals surface area contributed by atoms with E-state index in [4.69, 9.17) is 5.11 Å². The maximum atomic E-state index is 13.9. The molecular formula is C12H9BrF2N2O2. The van der Waals surface area contributed by atoms with Crippen LogP contribution in [-0.2, 0) is 0 Å². The SMILES string of the molecule is Cc1nn(-c2c(F)cc(C(=O)O)cc2F)c(C)c1Br. The summed E-state index contributed by atoms with van der Waals surface area (Å²) in [4.78, 5) is 10.7. The highest BCUT2D eigenvalue weighted by Gasteiger charge is 2.20. The fourth-order valence-electron chi connectivity index (χ4n) is 1.73. The first-order valence-electron chi connectivity index (χ1n) is 5.27. The van der Waals surface area contributed by atoms with E-state index in [1.807, 2.05) is 0 Å². The van der Waals surface area contributed by atoms with E-state index in [1.54, 1.807) is 13.8 Å². The second-order valence-corrected chi connectivity index (χ2v) is 4.78. The van der Waals surface area contributed by atoms with Crippen LogP contribution in [0, 0.1) is 25.5 Å². The summed E-state index contributed by atoms with van der Waals surface area (Å²) >= 11 is 3.26. The average Bonchev–Trinajstić information content (AvgIpc) is 2.56. The summed E-state index contributed by atoms with van der Waals surface area (Å²) in [5.74, 6) is -3.34. The maximum Gasteiger partial charge on any atom is 0.335 e. The molecule has 0 aliphatic heterocycles. The molecule has 0 bridgehead atoms. The summed E-state index contributed by atoms with van der Waals surface area (Å²) in [7, 11) is 0. The predicted octanol–water partition coefficient (Wildman–Crippen LogP) is 3.23. The molecule has 0 aliphatic rings. The lowest BCUT2D eigenvalue weighted by molar-refractivity contribution is 0.0695. The van der Waals surface area contributed by atoms with Crippen LogP contribution in [0.15, 0.2) is 16.6 Å². The zero-order valence-corrected chi connectivity index (χ0v) is 11.6. The zero-order valence-electron chi connectivity index (χ0n) is 10.0. The Morgan fingerprint density at radius 1 is 1.32 bits per heavy atom. The number of carbonyl (C=O) groups is 1. The van der Waals surface area contributed by atoms with Gasteiger partial charge >= 0.3 is 5.97 Å². The third-order valence-electron chi connectivity index (χ3n) is 2.68. The van der Waals surface area contributed by atoms with Crippen LogP contribution in [0.3, 0.4) is 0 Å². The molecule has 0 atom stereocenters. The Balaban J connectivity index is 2.69. The Morgan fingerprint density at radius 2 is 1.84 bits per heavy atom. The number of carboxylic acids is 1. The molecule has 4 nitrogen and oxygen atoms in total. The average molecular weight is 331 g/mol. The number of halogens is 3. The Labute approximate surface area is 115 Å². The van der Waals surface area contributed by atoms with Gasteiger partial charge in [-0.25, -0.2) is 18.3 Å². The zero-order chi connectivity index (χ0) is 14.3. The molecule has 0 spiro atoms. The number of aryl methyl sites for hydroxylation is 1. The van der Waals surface area contributed by atoms with Gasteiger partial charge in [-0.2, -0.15) is 5.10 Å². The van der Waals surface area contributed by atoms with Crippen molar-refractivity contribution in [2.24, 2.45) is 0 Å². The second kappa shape index (κ2) is 4.73. The Morgan fingerprint density at radius 3 is 2.21 bits per heavy atom. The smallest absolute Gasteiger partial charge is 0.335 e. The Bertz CT molecular complexity index is 660. The molecule has 0 fully saturated rings. The number of hydrogen-bond acceptors (Lipinski definition) is 2. The molecule has 0 radical (unpaired) electrons. The lowest BCUT2D eigenvalue weighted by Gasteiger charge is -2.08. The van der Waals surface area contributed by atoms with E-state index in [1.165, 1.54) is 0 Å². The highest BCUT2D eigenvalue weighted by molar-refractivity contribution is 9.10. The number of carboxylic acid groups (broad SMARTS) is 1. The number of benzene rings is 1. The topological polar surface area (TPSA) is 55.1 Å². The molecule has 2 aromatic rings. The number of hydrogen-bond donors (Lipinski definition) is 1. The van der Waals surface area contributed by atoms with Gasteiger partial charge in [0.1, 0.15) is 5.69 Å². The summed E-state index contributed by atoms with van der Waals surface area (Å²) in [5.41, 5.74) is 0.271. The van der Waals surface area contributed by atoms with Gasteiger partial charge in [0.05, 0.1) is 21.4 Å². The van der Waals surface area contributed by atoms with E-state index in [0.29, 0.717) is 15.9 Å². The maximum absolute atomic E-state index is 13.9. The third kappa shape index (κ3) is 2.25. The van der Waals surface area contributed by atoms with Gasteiger partial charge in [-0.05, 0) is 41.9 Å². The molecule has 0 amide bonds. The molecule has 1 aromatic heterocycles. The van der Waals surface area contributed by atoms with E-state index >= 15 is 0 Å². The van der Waals surface area contributed by atoms with Gasteiger partial charge in [0.15, 0.2) is 11.6 Å².